The Morgan fingerprint density at radius 3 is 2.64 bits per heavy atom. The van der Waals surface area contributed by atoms with Crippen molar-refractivity contribution in [3.8, 4) is 17.0 Å². The second-order valence-electron chi connectivity index (χ2n) is 6.58. The highest BCUT2D eigenvalue weighted by molar-refractivity contribution is 5.96. The number of nitrogens with zero attached hydrogens (tertiary/aromatic N) is 1. The highest BCUT2D eigenvalue weighted by atomic mass is 16.5. The van der Waals surface area contributed by atoms with Gasteiger partial charge in [0.1, 0.15) is 17.0 Å². The molecule has 1 aliphatic rings. The minimum atomic E-state index is -1.03. The van der Waals surface area contributed by atoms with Crippen molar-refractivity contribution in [3.63, 3.8) is 0 Å². The van der Waals surface area contributed by atoms with E-state index in [2.05, 4.69) is 10.5 Å². The fourth-order valence-electron chi connectivity index (χ4n) is 3.40. The molecule has 25 heavy (non-hydrogen) atoms. The van der Waals surface area contributed by atoms with Crippen LogP contribution < -0.4 is 10.1 Å². The second kappa shape index (κ2) is 7.70. The zero-order chi connectivity index (χ0) is 17.8. The van der Waals surface area contributed by atoms with Crippen LogP contribution in [0.1, 0.15) is 54.8 Å². The van der Waals surface area contributed by atoms with Crippen molar-refractivity contribution in [2.45, 2.75) is 38.6 Å². The third-order valence-corrected chi connectivity index (χ3v) is 4.88. The summed E-state index contributed by atoms with van der Waals surface area (Å²) < 4.78 is 10.6. The molecule has 6 heteroatoms. The molecule has 0 radical (unpaired) electrons. The Kier molecular flexibility index (Phi) is 5.38. The maximum Gasteiger partial charge on any atom is 0.341 e. The van der Waals surface area contributed by atoms with Gasteiger partial charge in [-0.1, -0.05) is 18.0 Å². The van der Waals surface area contributed by atoms with E-state index in [0.29, 0.717) is 28.7 Å². The quantitative estimate of drug-likeness (QED) is 0.793. The summed E-state index contributed by atoms with van der Waals surface area (Å²) in [7, 11) is 1.59. The fraction of sp³-hybridized carbons (Fsp3) is 0.474. The van der Waals surface area contributed by atoms with Gasteiger partial charge in [-0.15, -0.1) is 0 Å². The lowest BCUT2D eigenvalue weighted by Gasteiger charge is -2.15. The van der Waals surface area contributed by atoms with E-state index in [1.54, 1.807) is 31.4 Å². The Morgan fingerprint density at radius 2 is 2.04 bits per heavy atom. The van der Waals surface area contributed by atoms with Gasteiger partial charge in [-0.3, -0.25) is 0 Å². The predicted octanol–water partition coefficient (Wildman–Crippen LogP) is 3.89. The van der Waals surface area contributed by atoms with Gasteiger partial charge in [-0.05, 0) is 56.5 Å². The van der Waals surface area contributed by atoms with Crippen molar-refractivity contribution in [2.24, 2.45) is 5.92 Å². The molecule has 1 aliphatic carbocycles. The summed E-state index contributed by atoms with van der Waals surface area (Å²) in [4.78, 5) is 11.8. The zero-order valence-corrected chi connectivity index (χ0v) is 14.6. The summed E-state index contributed by atoms with van der Waals surface area (Å²) in [5.41, 5.74) is 1.16. The number of ether oxygens (including phenoxy) is 1. The smallest absolute Gasteiger partial charge is 0.341 e. The first-order chi connectivity index (χ1) is 12.1. The van der Waals surface area contributed by atoms with Crippen molar-refractivity contribution >= 4 is 5.97 Å². The molecular formula is C19H24N2O4. The molecular weight excluding hydrogens is 320 g/mol. The Labute approximate surface area is 147 Å². The predicted molar refractivity (Wildman–Crippen MR) is 93.8 cm³/mol. The average molecular weight is 344 g/mol. The van der Waals surface area contributed by atoms with E-state index in [4.69, 9.17) is 9.26 Å². The Balaban J connectivity index is 1.81. The van der Waals surface area contributed by atoms with Crippen LogP contribution in [-0.2, 0) is 0 Å². The van der Waals surface area contributed by atoms with Crippen LogP contribution in [0.4, 0.5) is 0 Å². The molecule has 3 rings (SSSR count). The molecule has 1 saturated carbocycles. The summed E-state index contributed by atoms with van der Waals surface area (Å²) in [6.45, 7) is 2.79. The highest BCUT2D eigenvalue weighted by Crippen LogP contribution is 2.31. The number of hydrogen-bond acceptors (Lipinski definition) is 5. The number of nitrogens with one attached hydrogen (secondary N) is 1. The normalized spacial score (nSPS) is 16.1. The van der Waals surface area contributed by atoms with Gasteiger partial charge < -0.3 is 19.7 Å². The molecule has 1 aromatic heterocycles. The average Bonchev–Trinajstić information content (AvgIpc) is 3.29. The Morgan fingerprint density at radius 1 is 1.36 bits per heavy atom. The first kappa shape index (κ1) is 17.5. The molecule has 0 bridgehead atoms. The van der Waals surface area contributed by atoms with E-state index in [1.807, 2.05) is 6.92 Å². The number of hydrogen-bond donors (Lipinski definition) is 2. The van der Waals surface area contributed by atoms with Crippen molar-refractivity contribution < 1.29 is 19.2 Å². The van der Waals surface area contributed by atoms with E-state index < -0.39 is 5.97 Å². The molecule has 0 saturated heterocycles. The second-order valence-corrected chi connectivity index (χ2v) is 6.58. The lowest BCUT2D eigenvalue weighted by atomic mass is 10.0. The minimum absolute atomic E-state index is 0.122. The number of rotatable bonds is 7. The van der Waals surface area contributed by atoms with Gasteiger partial charge in [0, 0.05) is 5.56 Å². The van der Waals surface area contributed by atoms with Crippen molar-refractivity contribution in [1.29, 1.82) is 0 Å². The molecule has 2 aromatic rings. The fourth-order valence-corrected chi connectivity index (χ4v) is 3.40. The van der Waals surface area contributed by atoms with Crippen molar-refractivity contribution in [1.82, 2.24) is 10.5 Å². The van der Waals surface area contributed by atoms with E-state index in [1.165, 1.54) is 25.7 Å². The number of aromatic carboxylic acids is 1. The molecule has 1 heterocycles. The van der Waals surface area contributed by atoms with Crippen LogP contribution in [0.25, 0.3) is 11.3 Å². The first-order valence-corrected chi connectivity index (χ1v) is 8.70. The molecule has 0 aliphatic heterocycles. The van der Waals surface area contributed by atoms with Gasteiger partial charge in [0.25, 0.3) is 0 Å². The maximum atomic E-state index is 11.8. The standard InChI is InChI=1S/C19H24N2O4/c1-12(20-11-13-5-3-4-6-13)18-16(19(22)23)17(21-25-18)14-7-9-15(24-2)10-8-14/h7-10,12-13,20H,3-6,11H2,1-2H3,(H,22,23)/t12-/m1/s1. The number of carboxylic acids is 1. The van der Waals surface area contributed by atoms with Crippen LogP contribution in [-0.4, -0.2) is 29.9 Å². The van der Waals surface area contributed by atoms with E-state index in [-0.39, 0.29) is 11.6 Å². The van der Waals surface area contributed by atoms with Crippen LogP contribution in [0.3, 0.4) is 0 Å². The monoisotopic (exact) mass is 344 g/mol. The van der Waals surface area contributed by atoms with Crippen LogP contribution in [0, 0.1) is 5.92 Å². The summed E-state index contributed by atoms with van der Waals surface area (Å²) in [6.07, 6.45) is 5.04. The lowest BCUT2D eigenvalue weighted by Crippen LogP contribution is -2.25. The van der Waals surface area contributed by atoms with Gasteiger partial charge in [-0.25, -0.2) is 4.79 Å². The van der Waals surface area contributed by atoms with Crippen LogP contribution in [0.5, 0.6) is 5.75 Å². The number of methoxy groups -OCH3 is 1. The molecule has 1 atom stereocenters. The summed E-state index contributed by atoms with van der Waals surface area (Å²) in [5, 5.41) is 17.1. The highest BCUT2D eigenvalue weighted by Gasteiger charge is 2.27. The van der Waals surface area contributed by atoms with Gasteiger partial charge >= 0.3 is 5.97 Å². The molecule has 6 nitrogen and oxygen atoms in total. The van der Waals surface area contributed by atoms with Gasteiger partial charge in [0.2, 0.25) is 0 Å². The number of carbonyl (C=O) groups is 1. The Bertz CT molecular complexity index is 718. The molecule has 1 aromatic carbocycles. The SMILES string of the molecule is COc1ccc(-c2noc([C@@H](C)NCC3CCCC3)c2C(=O)O)cc1. The van der Waals surface area contributed by atoms with Crippen LogP contribution >= 0.6 is 0 Å². The molecule has 134 valence electrons. The van der Waals surface area contributed by atoms with E-state index >= 15 is 0 Å². The summed E-state index contributed by atoms with van der Waals surface area (Å²) in [6, 6.07) is 6.91. The number of aromatic nitrogens is 1. The minimum Gasteiger partial charge on any atom is -0.497 e. The number of carboxylic acid groups (broad SMARTS) is 1. The first-order valence-electron chi connectivity index (χ1n) is 8.70. The number of benzene rings is 1. The summed E-state index contributed by atoms with van der Waals surface area (Å²) >= 11 is 0. The zero-order valence-electron chi connectivity index (χ0n) is 14.6. The maximum absolute atomic E-state index is 11.8. The van der Waals surface area contributed by atoms with E-state index in [9.17, 15) is 9.90 Å². The Hall–Kier alpha value is -2.34. The van der Waals surface area contributed by atoms with Crippen LogP contribution in [0.15, 0.2) is 28.8 Å². The molecule has 0 amide bonds. The largest absolute Gasteiger partial charge is 0.497 e. The van der Waals surface area contributed by atoms with Crippen LogP contribution in [0.2, 0.25) is 0 Å². The van der Waals surface area contributed by atoms with Crippen molar-refractivity contribution in [2.75, 3.05) is 13.7 Å². The molecule has 1 fully saturated rings. The van der Waals surface area contributed by atoms with Crippen molar-refractivity contribution in [3.05, 3.63) is 35.6 Å². The van der Waals surface area contributed by atoms with E-state index in [0.717, 1.165) is 6.54 Å². The van der Waals surface area contributed by atoms with Gasteiger partial charge in [-0.2, -0.15) is 0 Å². The molecule has 0 spiro atoms. The third kappa shape index (κ3) is 3.85. The van der Waals surface area contributed by atoms with Gasteiger partial charge in [0.05, 0.1) is 13.2 Å². The topological polar surface area (TPSA) is 84.6 Å². The van der Waals surface area contributed by atoms with Gasteiger partial charge in [0.15, 0.2) is 5.76 Å². The summed E-state index contributed by atoms with van der Waals surface area (Å²) in [5.74, 6) is 0.712. The lowest BCUT2D eigenvalue weighted by molar-refractivity contribution is 0.0694. The molecule has 0 unspecified atom stereocenters. The third-order valence-electron chi connectivity index (χ3n) is 4.88. The molecule has 2 N–H and O–H groups in total.